The summed E-state index contributed by atoms with van der Waals surface area (Å²) in [6.45, 7) is 0.924. The van der Waals surface area contributed by atoms with Crippen molar-refractivity contribution in [1.29, 1.82) is 0 Å². The SMILES string of the molecule is NCCC(=O)NCc1ccc(Cl)s1. The van der Waals surface area contributed by atoms with Gasteiger partial charge in [0.05, 0.1) is 10.9 Å². The average Bonchev–Trinajstić information content (AvgIpc) is 2.49. The van der Waals surface area contributed by atoms with Crippen LogP contribution in [0.15, 0.2) is 12.1 Å². The largest absolute Gasteiger partial charge is 0.351 e. The predicted molar refractivity (Wildman–Crippen MR) is 54.8 cm³/mol. The van der Waals surface area contributed by atoms with Crippen LogP contribution < -0.4 is 11.1 Å². The molecule has 0 saturated carbocycles. The number of nitrogens with two attached hydrogens (primary N) is 1. The van der Waals surface area contributed by atoms with Gasteiger partial charge in [0.1, 0.15) is 0 Å². The van der Waals surface area contributed by atoms with Gasteiger partial charge in [0.2, 0.25) is 5.91 Å². The zero-order valence-electron chi connectivity index (χ0n) is 7.05. The number of carbonyl (C=O) groups is 1. The van der Waals surface area contributed by atoms with E-state index in [0.29, 0.717) is 19.5 Å². The number of rotatable bonds is 4. The number of thiophene rings is 1. The number of nitrogens with one attached hydrogen (secondary N) is 1. The second kappa shape index (κ2) is 5.21. The van der Waals surface area contributed by atoms with E-state index >= 15 is 0 Å². The van der Waals surface area contributed by atoms with E-state index in [1.54, 1.807) is 0 Å². The van der Waals surface area contributed by atoms with Gasteiger partial charge in [-0.3, -0.25) is 4.79 Å². The maximum Gasteiger partial charge on any atom is 0.221 e. The first-order chi connectivity index (χ1) is 6.22. The van der Waals surface area contributed by atoms with Gasteiger partial charge in [-0.1, -0.05) is 11.6 Å². The van der Waals surface area contributed by atoms with Gasteiger partial charge in [0.25, 0.3) is 0 Å². The monoisotopic (exact) mass is 218 g/mol. The second-order valence-electron chi connectivity index (χ2n) is 2.52. The molecule has 0 aliphatic heterocycles. The fourth-order valence-corrected chi connectivity index (χ4v) is 1.88. The minimum atomic E-state index is -0.0213. The molecule has 13 heavy (non-hydrogen) atoms. The Labute approximate surface area is 85.9 Å². The summed E-state index contributed by atoms with van der Waals surface area (Å²) in [4.78, 5) is 12.1. The zero-order chi connectivity index (χ0) is 9.68. The second-order valence-corrected chi connectivity index (χ2v) is 4.32. The summed E-state index contributed by atoms with van der Waals surface area (Å²) in [6.07, 6.45) is 0.374. The molecule has 1 rings (SSSR count). The average molecular weight is 219 g/mol. The van der Waals surface area contributed by atoms with Gasteiger partial charge < -0.3 is 11.1 Å². The summed E-state index contributed by atoms with van der Waals surface area (Å²) >= 11 is 7.19. The van der Waals surface area contributed by atoms with E-state index in [9.17, 15) is 4.79 Å². The van der Waals surface area contributed by atoms with Gasteiger partial charge in [0.15, 0.2) is 0 Å². The lowest BCUT2D eigenvalue weighted by Gasteiger charge is -2.00. The minimum Gasteiger partial charge on any atom is -0.351 e. The molecule has 3 N–H and O–H groups in total. The molecule has 0 saturated heterocycles. The van der Waals surface area contributed by atoms with Gasteiger partial charge in [-0.15, -0.1) is 11.3 Å². The van der Waals surface area contributed by atoms with Crippen molar-refractivity contribution >= 4 is 28.8 Å². The van der Waals surface area contributed by atoms with E-state index in [1.807, 2.05) is 12.1 Å². The Morgan fingerprint density at radius 2 is 2.38 bits per heavy atom. The Kier molecular flexibility index (Phi) is 4.21. The lowest BCUT2D eigenvalue weighted by atomic mass is 10.4. The standard InChI is InChI=1S/C8H11ClN2OS/c9-7-2-1-6(13-7)5-11-8(12)3-4-10/h1-2H,3-5,10H2,(H,11,12). The molecule has 0 radical (unpaired) electrons. The third-order valence-corrected chi connectivity index (χ3v) is 2.69. The number of hydrogen-bond donors (Lipinski definition) is 2. The fraction of sp³-hybridized carbons (Fsp3) is 0.375. The van der Waals surface area contributed by atoms with Gasteiger partial charge in [0, 0.05) is 17.8 Å². The zero-order valence-corrected chi connectivity index (χ0v) is 8.62. The Hall–Kier alpha value is -0.580. The molecule has 0 atom stereocenters. The molecule has 1 aromatic heterocycles. The van der Waals surface area contributed by atoms with Crippen LogP contribution in [0.1, 0.15) is 11.3 Å². The van der Waals surface area contributed by atoms with E-state index in [2.05, 4.69) is 5.32 Å². The molecule has 0 spiro atoms. The lowest BCUT2D eigenvalue weighted by molar-refractivity contribution is -0.121. The van der Waals surface area contributed by atoms with Gasteiger partial charge in [-0.2, -0.15) is 0 Å². The summed E-state index contributed by atoms with van der Waals surface area (Å²) in [5, 5.41) is 2.75. The minimum absolute atomic E-state index is 0.0213. The molecule has 5 heteroatoms. The number of halogens is 1. The maximum absolute atomic E-state index is 11.0. The molecule has 0 unspecified atom stereocenters. The van der Waals surface area contributed by atoms with Crippen molar-refractivity contribution in [3.63, 3.8) is 0 Å². The highest BCUT2D eigenvalue weighted by atomic mass is 35.5. The molecule has 3 nitrogen and oxygen atoms in total. The van der Waals surface area contributed by atoms with E-state index in [4.69, 9.17) is 17.3 Å². The fourth-order valence-electron chi connectivity index (χ4n) is 0.852. The number of carbonyl (C=O) groups excluding carboxylic acids is 1. The molecular weight excluding hydrogens is 208 g/mol. The van der Waals surface area contributed by atoms with Crippen molar-refractivity contribution in [1.82, 2.24) is 5.32 Å². The molecule has 1 amide bonds. The van der Waals surface area contributed by atoms with Gasteiger partial charge in [-0.05, 0) is 12.1 Å². The van der Waals surface area contributed by atoms with Crippen LogP contribution >= 0.6 is 22.9 Å². The van der Waals surface area contributed by atoms with Crippen LogP contribution in [0.2, 0.25) is 4.34 Å². The van der Waals surface area contributed by atoms with Crippen LogP contribution in [-0.2, 0) is 11.3 Å². The summed E-state index contributed by atoms with van der Waals surface area (Å²) in [5.41, 5.74) is 5.22. The van der Waals surface area contributed by atoms with Crippen molar-refractivity contribution in [2.75, 3.05) is 6.54 Å². The summed E-state index contributed by atoms with van der Waals surface area (Å²) < 4.78 is 0.739. The number of amides is 1. The predicted octanol–water partition coefficient (Wildman–Crippen LogP) is 1.37. The van der Waals surface area contributed by atoms with E-state index < -0.39 is 0 Å². The molecule has 0 bridgehead atoms. The molecule has 0 aliphatic carbocycles. The van der Waals surface area contributed by atoms with Crippen molar-refractivity contribution < 1.29 is 4.79 Å². The van der Waals surface area contributed by atoms with Crippen LogP contribution in [0.4, 0.5) is 0 Å². The molecule has 72 valence electrons. The maximum atomic E-state index is 11.0. The van der Waals surface area contributed by atoms with Crippen molar-refractivity contribution in [2.24, 2.45) is 5.73 Å². The van der Waals surface area contributed by atoms with Crippen molar-refractivity contribution in [3.8, 4) is 0 Å². The topological polar surface area (TPSA) is 55.1 Å². The Morgan fingerprint density at radius 3 is 2.92 bits per heavy atom. The lowest BCUT2D eigenvalue weighted by Crippen LogP contribution is -2.24. The molecule has 0 fully saturated rings. The van der Waals surface area contributed by atoms with Crippen LogP contribution in [0.5, 0.6) is 0 Å². The molecule has 0 aromatic carbocycles. The van der Waals surface area contributed by atoms with E-state index in [1.165, 1.54) is 11.3 Å². The first-order valence-electron chi connectivity index (χ1n) is 3.93. The summed E-state index contributed by atoms with van der Waals surface area (Å²) in [5.74, 6) is -0.0213. The van der Waals surface area contributed by atoms with Crippen LogP contribution in [0.3, 0.4) is 0 Å². The Morgan fingerprint density at radius 1 is 1.62 bits per heavy atom. The van der Waals surface area contributed by atoms with Crippen LogP contribution in [-0.4, -0.2) is 12.5 Å². The molecular formula is C8H11ClN2OS. The van der Waals surface area contributed by atoms with Crippen LogP contribution in [0, 0.1) is 0 Å². The molecule has 0 aliphatic rings. The van der Waals surface area contributed by atoms with E-state index in [0.717, 1.165) is 9.21 Å². The van der Waals surface area contributed by atoms with Gasteiger partial charge in [-0.25, -0.2) is 0 Å². The molecule has 1 aromatic rings. The number of hydrogen-bond acceptors (Lipinski definition) is 3. The highest BCUT2D eigenvalue weighted by Crippen LogP contribution is 2.20. The van der Waals surface area contributed by atoms with Crippen molar-refractivity contribution in [3.05, 3.63) is 21.3 Å². The van der Waals surface area contributed by atoms with Crippen molar-refractivity contribution in [2.45, 2.75) is 13.0 Å². The van der Waals surface area contributed by atoms with E-state index in [-0.39, 0.29) is 5.91 Å². The van der Waals surface area contributed by atoms with Gasteiger partial charge >= 0.3 is 0 Å². The third-order valence-electron chi connectivity index (χ3n) is 1.46. The highest BCUT2D eigenvalue weighted by Gasteiger charge is 2.01. The first-order valence-corrected chi connectivity index (χ1v) is 5.13. The highest BCUT2D eigenvalue weighted by molar-refractivity contribution is 7.16. The summed E-state index contributed by atoms with van der Waals surface area (Å²) in [7, 11) is 0. The molecule has 1 heterocycles. The quantitative estimate of drug-likeness (QED) is 0.802. The smallest absolute Gasteiger partial charge is 0.221 e. The summed E-state index contributed by atoms with van der Waals surface area (Å²) in [6, 6.07) is 3.71. The normalized spacial score (nSPS) is 10.0. The third kappa shape index (κ3) is 3.76. The Balaban J connectivity index is 2.30. The first kappa shape index (κ1) is 10.5. The Bertz CT molecular complexity index is 287. The van der Waals surface area contributed by atoms with Crippen LogP contribution in [0.25, 0.3) is 0 Å².